The fourth-order valence-corrected chi connectivity index (χ4v) is 5.55. The second-order valence-electron chi connectivity index (χ2n) is 7.81. The summed E-state index contributed by atoms with van der Waals surface area (Å²) in [7, 11) is 0. The van der Waals surface area contributed by atoms with Crippen molar-refractivity contribution in [2.45, 2.75) is 22.6 Å². The van der Waals surface area contributed by atoms with Crippen LogP contribution in [-0.4, -0.2) is 66.4 Å². The predicted octanol–water partition coefficient (Wildman–Crippen LogP) is 4.50. The molecule has 2 heterocycles. The number of rotatable bonds is 6. The maximum Gasteiger partial charge on any atom is 0.240 e. The summed E-state index contributed by atoms with van der Waals surface area (Å²) in [6.07, 6.45) is 2.70. The average molecular weight is 461 g/mol. The summed E-state index contributed by atoms with van der Waals surface area (Å²) in [4.78, 5) is 18.4. The van der Waals surface area contributed by atoms with E-state index in [0.29, 0.717) is 37.9 Å². The van der Waals surface area contributed by atoms with Crippen molar-refractivity contribution in [3.63, 3.8) is 0 Å². The van der Waals surface area contributed by atoms with Gasteiger partial charge in [0.15, 0.2) is 0 Å². The molecule has 2 aliphatic heterocycles. The van der Waals surface area contributed by atoms with Crippen LogP contribution in [-0.2, 0) is 9.53 Å². The van der Waals surface area contributed by atoms with Crippen LogP contribution in [0.4, 0.5) is 4.39 Å². The molecule has 0 bridgehead atoms. The van der Waals surface area contributed by atoms with Crippen LogP contribution in [0, 0.1) is 5.82 Å². The Bertz CT molecular complexity index is 904. The molecule has 4 nitrogen and oxygen atoms in total. The zero-order valence-electron chi connectivity index (χ0n) is 17.3. The van der Waals surface area contributed by atoms with Gasteiger partial charge in [-0.3, -0.25) is 9.69 Å². The summed E-state index contributed by atoms with van der Waals surface area (Å²) in [6, 6.07) is 16.3. The van der Waals surface area contributed by atoms with Crippen molar-refractivity contribution < 1.29 is 13.9 Å². The molecule has 2 fully saturated rings. The van der Waals surface area contributed by atoms with E-state index in [9.17, 15) is 9.18 Å². The summed E-state index contributed by atoms with van der Waals surface area (Å²) in [6.45, 7) is 3.71. The molecule has 2 aromatic rings. The third kappa shape index (κ3) is 6.10. The lowest BCUT2D eigenvalue weighted by Gasteiger charge is -2.32. The highest BCUT2D eigenvalue weighted by Gasteiger charge is 2.39. The Morgan fingerprint density at radius 1 is 1.13 bits per heavy atom. The third-order valence-corrected chi connectivity index (χ3v) is 7.01. The SMILES string of the molecule is O=C([C@@H]1C[C@H](Sc2ccc(F)cc2)CN1CC(Cl)=Cc1ccccc1)N1CCOCC1. The van der Waals surface area contributed by atoms with Crippen LogP contribution < -0.4 is 0 Å². The Kier molecular flexibility index (Phi) is 7.67. The number of benzene rings is 2. The minimum Gasteiger partial charge on any atom is -0.378 e. The van der Waals surface area contributed by atoms with E-state index in [4.69, 9.17) is 16.3 Å². The van der Waals surface area contributed by atoms with Crippen LogP contribution in [0.5, 0.6) is 0 Å². The summed E-state index contributed by atoms with van der Waals surface area (Å²) in [5, 5.41) is 0.944. The molecular weight excluding hydrogens is 435 g/mol. The van der Waals surface area contributed by atoms with Gasteiger partial charge in [0.2, 0.25) is 5.91 Å². The summed E-state index contributed by atoms with van der Waals surface area (Å²) in [5.41, 5.74) is 1.04. The number of nitrogens with zero attached hydrogens (tertiary/aromatic N) is 2. The maximum atomic E-state index is 13.3. The van der Waals surface area contributed by atoms with Gasteiger partial charge in [0.1, 0.15) is 5.82 Å². The van der Waals surface area contributed by atoms with Gasteiger partial charge in [-0.2, -0.15) is 0 Å². The first-order valence-corrected chi connectivity index (χ1v) is 11.8. The molecule has 0 unspecified atom stereocenters. The lowest BCUT2D eigenvalue weighted by Crippen LogP contribution is -2.49. The first-order chi connectivity index (χ1) is 15.1. The summed E-state index contributed by atoms with van der Waals surface area (Å²) < 4.78 is 18.7. The standard InChI is InChI=1S/C24H26ClFN2O2S/c25-19(14-18-4-2-1-3-5-18)16-28-17-22(31-21-8-6-20(26)7-9-21)15-23(28)24(29)27-10-12-30-13-11-27/h1-9,14,22-23H,10-13,15-17H2/t22-,23-/m0/s1. The molecule has 31 heavy (non-hydrogen) atoms. The van der Waals surface area contributed by atoms with Gasteiger partial charge in [0.05, 0.1) is 19.3 Å². The van der Waals surface area contributed by atoms with Gasteiger partial charge in [-0.1, -0.05) is 41.9 Å². The Hall–Kier alpha value is -1.86. The minimum absolute atomic E-state index is 0.148. The van der Waals surface area contributed by atoms with Gasteiger partial charge < -0.3 is 9.64 Å². The van der Waals surface area contributed by atoms with Gasteiger partial charge in [0, 0.05) is 41.4 Å². The molecule has 0 radical (unpaired) electrons. The number of morpholine rings is 1. The molecule has 2 aromatic carbocycles. The number of amides is 1. The van der Waals surface area contributed by atoms with E-state index in [2.05, 4.69) is 4.90 Å². The second kappa shape index (κ2) is 10.6. The van der Waals surface area contributed by atoms with Crippen molar-refractivity contribution in [1.29, 1.82) is 0 Å². The molecule has 2 aliphatic rings. The number of ether oxygens (including phenoxy) is 1. The molecule has 2 saturated heterocycles. The molecule has 2 atom stereocenters. The Labute approximate surface area is 192 Å². The van der Waals surface area contributed by atoms with E-state index in [1.165, 1.54) is 12.1 Å². The van der Waals surface area contributed by atoms with Crippen molar-refractivity contribution in [2.75, 3.05) is 39.4 Å². The highest BCUT2D eigenvalue weighted by Crippen LogP contribution is 2.34. The normalized spacial score (nSPS) is 22.6. The Balaban J connectivity index is 1.48. The van der Waals surface area contributed by atoms with Crippen molar-refractivity contribution >= 4 is 35.3 Å². The second-order valence-corrected chi connectivity index (χ2v) is 9.67. The maximum absolute atomic E-state index is 13.3. The highest BCUT2D eigenvalue weighted by molar-refractivity contribution is 8.00. The van der Waals surface area contributed by atoms with Gasteiger partial charge in [0.25, 0.3) is 0 Å². The topological polar surface area (TPSA) is 32.8 Å². The first-order valence-electron chi connectivity index (χ1n) is 10.5. The number of hydrogen-bond acceptors (Lipinski definition) is 4. The number of hydrogen-bond donors (Lipinski definition) is 0. The number of halogens is 2. The van der Waals surface area contributed by atoms with Crippen LogP contribution in [0.3, 0.4) is 0 Å². The summed E-state index contributed by atoms with van der Waals surface area (Å²) in [5.74, 6) is -0.0923. The van der Waals surface area contributed by atoms with E-state index in [-0.39, 0.29) is 23.0 Å². The number of thioether (sulfide) groups is 1. The fraction of sp³-hybridized carbons (Fsp3) is 0.375. The van der Waals surface area contributed by atoms with Gasteiger partial charge in [-0.25, -0.2) is 4.39 Å². The van der Waals surface area contributed by atoms with Gasteiger partial charge in [-0.15, -0.1) is 11.8 Å². The number of carbonyl (C=O) groups excluding carboxylic acids is 1. The van der Waals surface area contributed by atoms with Crippen LogP contribution >= 0.6 is 23.4 Å². The molecule has 4 rings (SSSR count). The smallest absolute Gasteiger partial charge is 0.240 e. The molecule has 0 saturated carbocycles. The lowest BCUT2D eigenvalue weighted by molar-refractivity contribution is -0.139. The highest BCUT2D eigenvalue weighted by atomic mass is 35.5. The molecular formula is C24H26ClFN2O2S. The number of carbonyl (C=O) groups is 1. The van der Waals surface area contributed by atoms with Crippen molar-refractivity contribution in [1.82, 2.24) is 9.80 Å². The van der Waals surface area contributed by atoms with Gasteiger partial charge >= 0.3 is 0 Å². The molecule has 1 amide bonds. The van der Waals surface area contributed by atoms with E-state index in [1.807, 2.05) is 41.3 Å². The van der Waals surface area contributed by atoms with Gasteiger partial charge in [-0.05, 0) is 42.3 Å². The van der Waals surface area contributed by atoms with Crippen molar-refractivity contribution in [3.05, 3.63) is 71.0 Å². The zero-order chi connectivity index (χ0) is 21.6. The molecule has 0 spiro atoms. The van der Waals surface area contributed by atoms with Crippen LogP contribution in [0.2, 0.25) is 0 Å². The Morgan fingerprint density at radius 2 is 1.84 bits per heavy atom. The monoisotopic (exact) mass is 460 g/mol. The fourth-order valence-electron chi connectivity index (χ4n) is 4.05. The lowest BCUT2D eigenvalue weighted by atomic mass is 10.1. The van der Waals surface area contributed by atoms with Crippen LogP contribution in [0.25, 0.3) is 6.08 Å². The largest absolute Gasteiger partial charge is 0.378 e. The molecule has 0 aromatic heterocycles. The van der Waals surface area contributed by atoms with Crippen LogP contribution in [0.1, 0.15) is 12.0 Å². The average Bonchev–Trinajstić information content (AvgIpc) is 3.18. The third-order valence-electron chi connectivity index (χ3n) is 5.57. The quantitative estimate of drug-likeness (QED) is 0.635. The Morgan fingerprint density at radius 3 is 2.55 bits per heavy atom. The molecule has 7 heteroatoms. The molecule has 0 aliphatic carbocycles. The van der Waals surface area contributed by atoms with E-state index in [0.717, 1.165) is 23.4 Å². The summed E-state index contributed by atoms with van der Waals surface area (Å²) >= 11 is 8.30. The molecule has 164 valence electrons. The van der Waals surface area contributed by atoms with E-state index >= 15 is 0 Å². The number of likely N-dealkylation sites (tertiary alicyclic amines) is 1. The first kappa shape index (κ1) is 22.3. The zero-order valence-corrected chi connectivity index (χ0v) is 18.8. The minimum atomic E-state index is -0.240. The van der Waals surface area contributed by atoms with E-state index < -0.39 is 0 Å². The van der Waals surface area contributed by atoms with Crippen LogP contribution in [0.15, 0.2) is 64.5 Å². The van der Waals surface area contributed by atoms with E-state index in [1.54, 1.807) is 23.9 Å². The van der Waals surface area contributed by atoms with Crippen molar-refractivity contribution in [2.24, 2.45) is 0 Å². The van der Waals surface area contributed by atoms with Crippen molar-refractivity contribution in [3.8, 4) is 0 Å². The predicted molar refractivity (Wildman–Crippen MR) is 124 cm³/mol. The molecule has 0 N–H and O–H groups in total.